The van der Waals surface area contributed by atoms with Gasteiger partial charge in [0.25, 0.3) is 0 Å². The molecule has 0 fully saturated rings. The van der Waals surface area contributed by atoms with E-state index in [9.17, 15) is 13.2 Å². The minimum Gasteiger partial charge on any atom is -0.380 e. The number of hydrogen-bond acceptors (Lipinski definition) is 1. The molecule has 0 aromatic carbocycles. The molecule has 0 N–H and O–H groups in total. The lowest BCUT2D eigenvalue weighted by molar-refractivity contribution is -0.0906. The second-order valence-corrected chi connectivity index (χ2v) is 2.86. The van der Waals surface area contributed by atoms with Crippen LogP contribution in [0.5, 0.6) is 0 Å². The Kier molecular flexibility index (Phi) is 3.14. The van der Waals surface area contributed by atoms with E-state index in [0.717, 1.165) is 0 Å². The third kappa shape index (κ3) is 2.59. The lowest BCUT2D eigenvalue weighted by atomic mass is 9.98. The first-order chi connectivity index (χ1) is 6.05. The van der Waals surface area contributed by atoms with Gasteiger partial charge >= 0.3 is 6.18 Å². The minimum atomic E-state index is -4.25. The number of rotatable bonds is 2. The molecule has 0 aromatic rings. The van der Waals surface area contributed by atoms with Crippen LogP contribution in [0.15, 0.2) is 23.3 Å². The van der Waals surface area contributed by atoms with E-state index in [2.05, 4.69) is 0 Å². The summed E-state index contributed by atoms with van der Waals surface area (Å²) in [6.07, 6.45) is -0.300. The average molecular weight is 192 g/mol. The maximum absolute atomic E-state index is 12.4. The van der Waals surface area contributed by atoms with Gasteiger partial charge in [-0.3, -0.25) is 0 Å². The van der Waals surface area contributed by atoms with Gasteiger partial charge in [0.2, 0.25) is 0 Å². The van der Waals surface area contributed by atoms with Crippen molar-refractivity contribution < 1.29 is 17.9 Å². The van der Waals surface area contributed by atoms with Gasteiger partial charge in [0.05, 0.1) is 12.2 Å². The van der Waals surface area contributed by atoms with Crippen LogP contribution in [0.3, 0.4) is 0 Å². The monoisotopic (exact) mass is 192 g/mol. The zero-order valence-corrected chi connectivity index (χ0v) is 7.32. The van der Waals surface area contributed by atoms with Crippen LogP contribution in [-0.4, -0.2) is 19.9 Å². The predicted octanol–water partition coefficient (Wildman–Crippen LogP) is 2.84. The molecule has 1 rings (SSSR count). The van der Waals surface area contributed by atoms with E-state index < -0.39 is 11.7 Å². The van der Waals surface area contributed by atoms with Crippen molar-refractivity contribution in [1.29, 1.82) is 0 Å². The summed E-state index contributed by atoms with van der Waals surface area (Å²) in [5.41, 5.74) is -0.290. The van der Waals surface area contributed by atoms with Crippen LogP contribution >= 0.6 is 0 Å². The molecule has 1 aliphatic carbocycles. The van der Waals surface area contributed by atoms with Crippen molar-refractivity contribution in [2.45, 2.75) is 19.0 Å². The molecule has 0 atom stereocenters. The van der Waals surface area contributed by atoms with E-state index in [-0.39, 0.29) is 12.2 Å². The van der Waals surface area contributed by atoms with Crippen LogP contribution < -0.4 is 0 Å². The fraction of sp³-hybridized carbons (Fsp3) is 0.556. The van der Waals surface area contributed by atoms with Gasteiger partial charge in [-0.1, -0.05) is 12.2 Å². The van der Waals surface area contributed by atoms with E-state index >= 15 is 0 Å². The highest BCUT2D eigenvalue weighted by molar-refractivity contribution is 5.37. The number of ether oxygens (including phenoxy) is 1. The van der Waals surface area contributed by atoms with Gasteiger partial charge in [0.1, 0.15) is 0 Å². The number of hydrogen-bond donors (Lipinski definition) is 0. The first kappa shape index (κ1) is 10.3. The Morgan fingerprint density at radius 3 is 2.46 bits per heavy atom. The van der Waals surface area contributed by atoms with Crippen molar-refractivity contribution in [3.63, 3.8) is 0 Å². The molecular weight excluding hydrogens is 181 g/mol. The SMILES string of the molecule is COCC1=CCCC=C1C(F)(F)F. The molecule has 1 nitrogen and oxygen atoms in total. The lowest BCUT2D eigenvalue weighted by Gasteiger charge is -2.17. The van der Waals surface area contributed by atoms with Gasteiger partial charge in [-0.2, -0.15) is 13.2 Å². The quantitative estimate of drug-likeness (QED) is 0.653. The standard InChI is InChI=1S/C9H11F3O/c1-13-6-7-4-2-3-5-8(7)9(10,11)12/h4-5H,2-3,6H2,1H3. The molecule has 0 saturated heterocycles. The highest BCUT2D eigenvalue weighted by Gasteiger charge is 2.36. The van der Waals surface area contributed by atoms with Gasteiger partial charge in [-0.05, 0) is 18.4 Å². The molecule has 0 amide bonds. The Morgan fingerprint density at radius 2 is 1.92 bits per heavy atom. The smallest absolute Gasteiger partial charge is 0.380 e. The fourth-order valence-electron chi connectivity index (χ4n) is 1.32. The summed E-state index contributed by atoms with van der Waals surface area (Å²) >= 11 is 0. The van der Waals surface area contributed by atoms with Crippen LogP contribution in [0, 0.1) is 0 Å². The third-order valence-corrected chi connectivity index (χ3v) is 1.86. The first-order valence-corrected chi connectivity index (χ1v) is 4.01. The number of alkyl halides is 3. The van der Waals surface area contributed by atoms with Crippen LogP contribution in [0.4, 0.5) is 13.2 Å². The molecule has 0 aliphatic heterocycles. The van der Waals surface area contributed by atoms with Gasteiger partial charge in [0.15, 0.2) is 0 Å². The van der Waals surface area contributed by atoms with Crippen LogP contribution in [0.1, 0.15) is 12.8 Å². The molecule has 0 saturated carbocycles. The normalized spacial score (nSPS) is 18.2. The molecule has 74 valence electrons. The van der Waals surface area contributed by atoms with Crippen molar-refractivity contribution in [3.8, 4) is 0 Å². The van der Waals surface area contributed by atoms with E-state index in [0.29, 0.717) is 12.8 Å². The Morgan fingerprint density at radius 1 is 1.31 bits per heavy atom. The highest BCUT2D eigenvalue weighted by Crippen LogP contribution is 2.34. The molecular formula is C9H11F3O. The van der Waals surface area contributed by atoms with E-state index in [1.165, 1.54) is 13.2 Å². The molecule has 13 heavy (non-hydrogen) atoms. The van der Waals surface area contributed by atoms with E-state index in [1.807, 2.05) is 0 Å². The number of halogens is 3. The summed E-state index contributed by atoms with van der Waals surface area (Å²) in [6.45, 7) is 0.0331. The van der Waals surface area contributed by atoms with Crippen LogP contribution in [0.25, 0.3) is 0 Å². The molecule has 4 heteroatoms. The molecule has 1 aliphatic rings. The molecule has 0 spiro atoms. The first-order valence-electron chi connectivity index (χ1n) is 4.01. The maximum Gasteiger partial charge on any atom is 0.416 e. The highest BCUT2D eigenvalue weighted by atomic mass is 19.4. The third-order valence-electron chi connectivity index (χ3n) is 1.86. The van der Waals surface area contributed by atoms with Gasteiger partial charge < -0.3 is 4.74 Å². The summed E-state index contributed by atoms with van der Waals surface area (Å²) in [6, 6.07) is 0. The zero-order chi connectivity index (χ0) is 9.90. The zero-order valence-electron chi connectivity index (χ0n) is 7.32. The van der Waals surface area contributed by atoms with Crippen molar-refractivity contribution in [2.24, 2.45) is 0 Å². The Hall–Kier alpha value is -0.770. The Balaban J connectivity index is 2.81. The lowest BCUT2D eigenvalue weighted by Crippen LogP contribution is -2.17. The topological polar surface area (TPSA) is 9.23 Å². The average Bonchev–Trinajstić information content (AvgIpc) is 2.04. The van der Waals surface area contributed by atoms with Crippen molar-refractivity contribution in [1.82, 2.24) is 0 Å². The van der Waals surface area contributed by atoms with Gasteiger partial charge in [0, 0.05) is 7.11 Å². The van der Waals surface area contributed by atoms with Crippen molar-refractivity contribution in [2.75, 3.05) is 13.7 Å². The Labute approximate surface area is 74.9 Å². The van der Waals surface area contributed by atoms with Gasteiger partial charge in [-0.15, -0.1) is 0 Å². The second kappa shape index (κ2) is 3.96. The molecule has 0 heterocycles. The van der Waals surface area contributed by atoms with E-state index in [1.54, 1.807) is 6.08 Å². The number of methoxy groups -OCH3 is 1. The maximum atomic E-state index is 12.4. The fourth-order valence-corrected chi connectivity index (χ4v) is 1.32. The Bertz CT molecular complexity index is 238. The molecule has 0 radical (unpaired) electrons. The van der Waals surface area contributed by atoms with Crippen molar-refractivity contribution >= 4 is 0 Å². The molecule has 0 aromatic heterocycles. The molecule has 0 unspecified atom stereocenters. The predicted molar refractivity (Wildman–Crippen MR) is 43.3 cm³/mol. The summed E-state index contributed by atoms with van der Waals surface area (Å²) < 4.78 is 41.7. The second-order valence-electron chi connectivity index (χ2n) is 2.86. The van der Waals surface area contributed by atoms with Crippen LogP contribution in [0.2, 0.25) is 0 Å². The summed E-state index contributed by atoms with van der Waals surface area (Å²) in [5.74, 6) is 0. The molecule has 0 bridgehead atoms. The van der Waals surface area contributed by atoms with Crippen LogP contribution in [-0.2, 0) is 4.74 Å². The number of allylic oxidation sites excluding steroid dienone is 2. The van der Waals surface area contributed by atoms with Crippen molar-refractivity contribution in [3.05, 3.63) is 23.3 Å². The summed E-state index contributed by atoms with van der Waals surface area (Å²) in [7, 11) is 1.39. The summed E-state index contributed by atoms with van der Waals surface area (Å²) in [4.78, 5) is 0. The van der Waals surface area contributed by atoms with Gasteiger partial charge in [-0.25, -0.2) is 0 Å². The minimum absolute atomic E-state index is 0.0331. The summed E-state index contributed by atoms with van der Waals surface area (Å²) in [5, 5.41) is 0. The van der Waals surface area contributed by atoms with E-state index in [4.69, 9.17) is 4.74 Å². The largest absolute Gasteiger partial charge is 0.416 e.